The summed E-state index contributed by atoms with van der Waals surface area (Å²) in [5.74, 6) is 1.01. The molecule has 0 bridgehead atoms. The van der Waals surface area contributed by atoms with Gasteiger partial charge in [0, 0.05) is 31.3 Å². The van der Waals surface area contributed by atoms with Gasteiger partial charge in [-0.2, -0.15) is 5.10 Å². The van der Waals surface area contributed by atoms with E-state index in [4.69, 9.17) is 25.2 Å². The van der Waals surface area contributed by atoms with Gasteiger partial charge in [-0.05, 0) is 52.0 Å². The molecule has 4 heterocycles. The molecule has 0 spiro atoms. The number of hydrogen-bond acceptors (Lipinski definition) is 10. The monoisotopic (exact) mass is 506 g/mol. The van der Waals surface area contributed by atoms with E-state index in [1.165, 1.54) is 6.33 Å². The number of nitrogen functional groups attached to an aromatic ring is 1. The second kappa shape index (κ2) is 9.85. The van der Waals surface area contributed by atoms with Gasteiger partial charge in [-0.15, -0.1) is 0 Å². The smallest absolute Gasteiger partial charge is 0.303 e. The molecule has 1 aliphatic carbocycles. The van der Waals surface area contributed by atoms with E-state index < -0.39 is 5.97 Å². The van der Waals surface area contributed by atoms with Gasteiger partial charge in [-0.3, -0.25) is 4.79 Å². The second-order valence-corrected chi connectivity index (χ2v) is 10.2. The Morgan fingerprint density at radius 2 is 1.92 bits per heavy atom. The molecule has 3 N–H and O–H groups in total. The van der Waals surface area contributed by atoms with Gasteiger partial charge in [0.05, 0.1) is 23.1 Å². The van der Waals surface area contributed by atoms with Crippen LogP contribution in [0.15, 0.2) is 23.2 Å². The average molecular weight is 507 g/mol. The van der Waals surface area contributed by atoms with Gasteiger partial charge in [0.1, 0.15) is 23.5 Å². The highest BCUT2D eigenvalue weighted by atomic mass is 16.5. The summed E-state index contributed by atoms with van der Waals surface area (Å²) in [4.78, 5) is 28.5. The molecule has 4 aromatic rings. The number of ether oxygens (including phenoxy) is 1. The number of fused-ring (bicyclic) bond motifs is 1. The van der Waals surface area contributed by atoms with E-state index in [1.807, 2.05) is 25.5 Å². The molecule has 0 aromatic carbocycles. The van der Waals surface area contributed by atoms with Gasteiger partial charge in [-0.25, -0.2) is 24.6 Å². The molecule has 12 heteroatoms. The minimum absolute atomic E-state index is 0.100. The van der Waals surface area contributed by atoms with E-state index in [2.05, 4.69) is 25.1 Å². The fourth-order valence-electron chi connectivity index (χ4n) is 4.14. The van der Waals surface area contributed by atoms with Gasteiger partial charge in [0.25, 0.3) is 0 Å². The Morgan fingerprint density at radius 1 is 1.16 bits per heavy atom. The largest absolute Gasteiger partial charge is 0.481 e. The second-order valence-electron chi connectivity index (χ2n) is 10.2. The molecule has 1 aliphatic rings. The molecule has 12 nitrogen and oxygen atoms in total. The van der Waals surface area contributed by atoms with Crippen LogP contribution in [-0.4, -0.2) is 59.2 Å². The van der Waals surface area contributed by atoms with Gasteiger partial charge in [0.15, 0.2) is 17.2 Å². The van der Waals surface area contributed by atoms with Crippen molar-refractivity contribution in [1.82, 2.24) is 34.9 Å². The number of nitrogens with zero attached hydrogens (tertiary/aromatic N) is 7. The van der Waals surface area contributed by atoms with Crippen molar-refractivity contribution in [3.05, 3.63) is 30.0 Å². The van der Waals surface area contributed by atoms with Crippen LogP contribution in [0.2, 0.25) is 0 Å². The predicted octanol–water partition coefficient (Wildman–Crippen LogP) is 3.58. The van der Waals surface area contributed by atoms with E-state index in [9.17, 15) is 4.79 Å². The van der Waals surface area contributed by atoms with Gasteiger partial charge >= 0.3 is 5.97 Å². The SMILES string of the molecule is CC(C)(C)n1nc(-c2noc(C3CC3)c2-c2ncc(CCOCCCC(=O)O)cn2)c2c(N)ncnc21. The highest BCUT2D eigenvalue weighted by Gasteiger charge is 2.36. The van der Waals surface area contributed by atoms with E-state index >= 15 is 0 Å². The first kappa shape index (κ1) is 24.8. The number of carbonyl (C=O) groups is 1. The highest BCUT2D eigenvalue weighted by Crippen LogP contribution is 2.47. The lowest BCUT2D eigenvalue weighted by atomic mass is 10.1. The number of hydrogen-bond donors (Lipinski definition) is 2. The number of nitrogens with two attached hydrogens (primary N) is 1. The summed E-state index contributed by atoms with van der Waals surface area (Å²) in [6, 6.07) is 0. The fourth-order valence-corrected chi connectivity index (χ4v) is 4.14. The third-order valence-corrected chi connectivity index (χ3v) is 6.16. The summed E-state index contributed by atoms with van der Waals surface area (Å²) in [7, 11) is 0. The summed E-state index contributed by atoms with van der Waals surface area (Å²) in [6.07, 6.45) is 8.20. The maximum Gasteiger partial charge on any atom is 0.303 e. The zero-order valence-electron chi connectivity index (χ0n) is 21.1. The van der Waals surface area contributed by atoms with Crippen molar-refractivity contribution < 1.29 is 19.2 Å². The summed E-state index contributed by atoms with van der Waals surface area (Å²) >= 11 is 0. The third-order valence-electron chi connectivity index (χ3n) is 6.16. The Labute approximate surface area is 213 Å². The number of aromatic nitrogens is 7. The molecule has 0 unspecified atom stereocenters. The Kier molecular flexibility index (Phi) is 6.59. The maximum atomic E-state index is 10.6. The Morgan fingerprint density at radius 3 is 2.59 bits per heavy atom. The van der Waals surface area contributed by atoms with Gasteiger partial charge in [-0.1, -0.05) is 5.16 Å². The van der Waals surface area contributed by atoms with E-state index in [0.29, 0.717) is 65.7 Å². The van der Waals surface area contributed by atoms with Crippen molar-refractivity contribution in [2.45, 2.75) is 64.3 Å². The minimum Gasteiger partial charge on any atom is -0.481 e. The van der Waals surface area contributed by atoms with Gasteiger partial charge < -0.3 is 20.1 Å². The highest BCUT2D eigenvalue weighted by molar-refractivity contribution is 6.00. The standard InChI is InChI=1S/C25H30N8O4/c1-25(2,3)33-24-18(22(26)29-13-30-24)19(31-33)20-17(21(37-32-20)15-6-7-15)23-27-11-14(12-28-23)8-10-36-9-4-5-16(34)35/h11-13,15H,4-10H2,1-3H3,(H,34,35)(H2,26,29,30). The molecule has 0 atom stereocenters. The molecule has 194 valence electrons. The van der Waals surface area contributed by atoms with Crippen LogP contribution >= 0.6 is 0 Å². The zero-order valence-corrected chi connectivity index (χ0v) is 21.1. The van der Waals surface area contributed by atoms with Crippen molar-refractivity contribution in [2.24, 2.45) is 0 Å². The van der Waals surface area contributed by atoms with Crippen molar-refractivity contribution >= 4 is 22.8 Å². The molecule has 0 saturated heterocycles. The predicted molar refractivity (Wildman–Crippen MR) is 135 cm³/mol. The average Bonchev–Trinajstić information content (AvgIpc) is 3.47. The van der Waals surface area contributed by atoms with E-state index in [1.54, 1.807) is 12.4 Å². The molecule has 0 aliphatic heterocycles. The number of carboxylic acid groups (broad SMARTS) is 1. The maximum absolute atomic E-state index is 10.6. The minimum atomic E-state index is -0.820. The molecule has 0 radical (unpaired) electrons. The quantitative estimate of drug-likeness (QED) is 0.302. The molecular formula is C25H30N8O4. The van der Waals surface area contributed by atoms with Crippen molar-refractivity contribution in [3.8, 4) is 22.8 Å². The summed E-state index contributed by atoms with van der Waals surface area (Å²) in [5, 5.41) is 18.6. The molecule has 4 aromatic heterocycles. The first-order valence-corrected chi connectivity index (χ1v) is 12.3. The molecule has 37 heavy (non-hydrogen) atoms. The van der Waals surface area contributed by atoms with Crippen molar-refractivity contribution in [2.75, 3.05) is 18.9 Å². The number of rotatable bonds is 10. The Bertz CT molecular complexity index is 1420. The van der Waals surface area contributed by atoms with Crippen molar-refractivity contribution in [3.63, 3.8) is 0 Å². The Balaban J connectivity index is 1.46. The lowest BCUT2D eigenvalue weighted by Gasteiger charge is -2.19. The first-order chi connectivity index (χ1) is 17.7. The first-order valence-electron chi connectivity index (χ1n) is 12.3. The number of anilines is 1. The topological polar surface area (TPSA) is 168 Å². The number of aliphatic carboxylic acids is 1. The number of carboxylic acids is 1. The Hall–Kier alpha value is -3.93. The molecular weight excluding hydrogens is 476 g/mol. The van der Waals surface area contributed by atoms with Crippen LogP contribution in [0.5, 0.6) is 0 Å². The lowest BCUT2D eigenvalue weighted by Crippen LogP contribution is -2.23. The normalized spacial score (nSPS) is 13.9. The zero-order chi connectivity index (χ0) is 26.2. The van der Waals surface area contributed by atoms with Crippen LogP contribution in [-0.2, 0) is 21.5 Å². The summed E-state index contributed by atoms with van der Waals surface area (Å²) < 4.78 is 13.2. The summed E-state index contributed by atoms with van der Waals surface area (Å²) in [6.45, 7) is 6.99. The van der Waals surface area contributed by atoms with Crippen LogP contribution in [0.3, 0.4) is 0 Å². The van der Waals surface area contributed by atoms with Crippen LogP contribution in [0.1, 0.15) is 63.7 Å². The molecule has 5 rings (SSSR count). The van der Waals surface area contributed by atoms with Crippen LogP contribution < -0.4 is 5.73 Å². The molecule has 1 saturated carbocycles. The van der Waals surface area contributed by atoms with Crippen molar-refractivity contribution in [1.29, 1.82) is 0 Å². The fraction of sp³-hybridized carbons (Fsp3) is 0.480. The van der Waals surface area contributed by atoms with Gasteiger partial charge in [0.2, 0.25) is 0 Å². The van der Waals surface area contributed by atoms with E-state index in [0.717, 1.165) is 24.2 Å². The lowest BCUT2D eigenvalue weighted by molar-refractivity contribution is -0.137. The van der Waals surface area contributed by atoms with Crippen LogP contribution in [0.4, 0.5) is 5.82 Å². The third kappa shape index (κ3) is 5.15. The van der Waals surface area contributed by atoms with Crippen LogP contribution in [0.25, 0.3) is 33.8 Å². The summed E-state index contributed by atoms with van der Waals surface area (Å²) in [5.41, 5.74) is 9.24. The van der Waals surface area contributed by atoms with E-state index in [-0.39, 0.29) is 17.9 Å². The molecule has 1 fully saturated rings. The van der Waals surface area contributed by atoms with Crippen LogP contribution in [0, 0.1) is 0 Å². The molecule has 0 amide bonds.